The Morgan fingerprint density at radius 1 is 0.967 bits per heavy atom. The van der Waals surface area contributed by atoms with Gasteiger partial charge < -0.3 is 9.80 Å². The Morgan fingerprint density at radius 2 is 1.80 bits per heavy atom. The van der Waals surface area contributed by atoms with E-state index in [9.17, 15) is 9.59 Å². The number of amides is 2. The number of nitriles is 1. The number of carbonyl (C=O) groups excluding carboxylic acids is 2. The molecular formula is C24H26N4O2. The normalized spacial score (nSPS) is 17.6. The summed E-state index contributed by atoms with van der Waals surface area (Å²) in [5.41, 5.74) is 3.31. The van der Waals surface area contributed by atoms with Crippen LogP contribution >= 0.6 is 0 Å². The van der Waals surface area contributed by atoms with Crippen molar-refractivity contribution in [3.05, 3.63) is 65.2 Å². The van der Waals surface area contributed by atoms with E-state index in [1.807, 2.05) is 53.4 Å². The molecule has 0 aromatic heterocycles. The van der Waals surface area contributed by atoms with Gasteiger partial charge in [-0.3, -0.25) is 14.5 Å². The Bertz CT molecular complexity index is 964. The van der Waals surface area contributed by atoms with E-state index in [1.54, 1.807) is 4.90 Å². The van der Waals surface area contributed by atoms with Crippen LogP contribution in [0.15, 0.2) is 48.5 Å². The van der Waals surface area contributed by atoms with Crippen molar-refractivity contribution in [3.8, 4) is 6.07 Å². The van der Waals surface area contributed by atoms with Crippen LogP contribution < -0.4 is 4.90 Å². The molecule has 0 atom stereocenters. The molecule has 2 aliphatic heterocycles. The number of rotatable bonds is 4. The molecule has 0 N–H and O–H groups in total. The van der Waals surface area contributed by atoms with E-state index < -0.39 is 0 Å². The Labute approximate surface area is 177 Å². The lowest BCUT2D eigenvalue weighted by Crippen LogP contribution is -2.35. The fourth-order valence-corrected chi connectivity index (χ4v) is 4.19. The first-order valence-electron chi connectivity index (χ1n) is 10.5. The summed E-state index contributed by atoms with van der Waals surface area (Å²) in [7, 11) is 0. The largest absolute Gasteiger partial charge is 0.337 e. The summed E-state index contributed by atoms with van der Waals surface area (Å²) in [5, 5.41) is 8.94. The first-order valence-corrected chi connectivity index (χ1v) is 10.5. The molecule has 6 nitrogen and oxygen atoms in total. The maximum Gasteiger partial charge on any atom is 0.253 e. The highest BCUT2D eigenvalue weighted by Crippen LogP contribution is 2.23. The van der Waals surface area contributed by atoms with Gasteiger partial charge in [0.15, 0.2) is 0 Å². The zero-order valence-corrected chi connectivity index (χ0v) is 17.1. The molecule has 0 aliphatic carbocycles. The quantitative estimate of drug-likeness (QED) is 0.788. The molecule has 2 aromatic rings. The highest BCUT2D eigenvalue weighted by Gasteiger charge is 2.24. The Kier molecular flexibility index (Phi) is 6.10. The number of benzene rings is 2. The van der Waals surface area contributed by atoms with E-state index in [-0.39, 0.29) is 11.8 Å². The molecule has 0 spiro atoms. The molecule has 2 aliphatic rings. The highest BCUT2D eigenvalue weighted by atomic mass is 16.2. The fourth-order valence-electron chi connectivity index (χ4n) is 4.19. The van der Waals surface area contributed by atoms with E-state index in [0.29, 0.717) is 24.1 Å². The predicted molar refractivity (Wildman–Crippen MR) is 115 cm³/mol. The van der Waals surface area contributed by atoms with Crippen molar-refractivity contribution in [1.82, 2.24) is 9.80 Å². The molecule has 4 rings (SSSR count). The van der Waals surface area contributed by atoms with Crippen LogP contribution in [0.4, 0.5) is 5.69 Å². The van der Waals surface area contributed by atoms with Crippen LogP contribution in [0.2, 0.25) is 0 Å². The minimum atomic E-state index is 0.0312. The molecule has 0 saturated carbocycles. The monoisotopic (exact) mass is 402 g/mol. The van der Waals surface area contributed by atoms with Crippen LogP contribution in [0.3, 0.4) is 0 Å². The first kappa shape index (κ1) is 20.1. The summed E-state index contributed by atoms with van der Waals surface area (Å²) in [6.07, 6.45) is 2.38. The zero-order valence-electron chi connectivity index (χ0n) is 17.1. The van der Waals surface area contributed by atoms with E-state index >= 15 is 0 Å². The Balaban J connectivity index is 1.38. The van der Waals surface area contributed by atoms with Crippen molar-refractivity contribution in [2.24, 2.45) is 0 Å². The molecule has 2 saturated heterocycles. The van der Waals surface area contributed by atoms with Gasteiger partial charge in [-0.1, -0.05) is 18.2 Å². The third-order valence-electron chi connectivity index (χ3n) is 5.84. The summed E-state index contributed by atoms with van der Waals surface area (Å²) in [5.74, 6) is 0.163. The first-order chi connectivity index (χ1) is 14.6. The molecule has 2 aromatic carbocycles. The van der Waals surface area contributed by atoms with Gasteiger partial charge in [-0.15, -0.1) is 0 Å². The van der Waals surface area contributed by atoms with Crippen molar-refractivity contribution in [2.75, 3.05) is 37.6 Å². The predicted octanol–water partition coefficient (Wildman–Crippen LogP) is 3.03. The summed E-state index contributed by atoms with van der Waals surface area (Å²) < 4.78 is 0. The molecule has 2 heterocycles. The summed E-state index contributed by atoms with van der Waals surface area (Å²) in [4.78, 5) is 31.2. The van der Waals surface area contributed by atoms with E-state index in [4.69, 9.17) is 5.26 Å². The average molecular weight is 402 g/mol. The van der Waals surface area contributed by atoms with Gasteiger partial charge in [0, 0.05) is 56.9 Å². The molecule has 6 heteroatoms. The molecule has 2 amide bonds. The van der Waals surface area contributed by atoms with Crippen molar-refractivity contribution < 1.29 is 9.59 Å². The molecule has 154 valence electrons. The molecule has 0 radical (unpaired) electrons. The van der Waals surface area contributed by atoms with Crippen molar-refractivity contribution in [1.29, 1.82) is 5.26 Å². The standard InChI is InChI=1S/C24H26N4O2/c25-17-19-7-9-20(10-8-19)18-26-11-3-12-27(15-14-26)24(30)21-4-1-5-22(16-21)28-13-2-6-23(28)29/h1,4-5,7-10,16H,2-3,6,11-15,18H2. The van der Waals surface area contributed by atoms with Crippen molar-refractivity contribution in [3.63, 3.8) is 0 Å². The summed E-state index contributed by atoms with van der Waals surface area (Å²) >= 11 is 0. The summed E-state index contributed by atoms with van der Waals surface area (Å²) in [6.45, 7) is 4.71. The summed E-state index contributed by atoms with van der Waals surface area (Å²) in [6, 6.07) is 17.3. The highest BCUT2D eigenvalue weighted by molar-refractivity contribution is 5.99. The molecule has 0 unspecified atom stereocenters. The lowest BCUT2D eigenvalue weighted by molar-refractivity contribution is -0.117. The van der Waals surface area contributed by atoms with E-state index in [2.05, 4.69) is 11.0 Å². The van der Waals surface area contributed by atoms with Crippen molar-refractivity contribution in [2.45, 2.75) is 25.8 Å². The van der Waals surface area contributed by atoms with Gasteiger partial charge in [0.2, 0.25) is 5.91 Å². The maximum atomic E-state index is 13.1. The third kappa shape index (κ3) is 4.52. The number of anilines is 1. The second-order valence-corrected chi connectivity index (χ2v) is 7.93. The molecular weight excluding hydrogens is 376 g/mol. The SMILES string of the molecule is N#Cc1ccc(CN2CCCN(C(=O)c3cccc(N4CCCC4=O)c3)CC2)cc1. The van der Waals surface area contributed by atoms with Gasteiger partial charge in [0.25, 0.3) is 5.91 Å². The second kappa shape index (κ2) is 9.10. The van der Waals surface area contributed by atoms with Gasteiger partial charge in [-0.05, 0) is 48.7 Å². The van der Waals surface area contributed by atoms with Gasteiger partial charge >= 0.3 is 0 Å². The van der Waals surface area contributed by atoms with Crippen LogP contribution in [0.1, 0.15) is 40.7 Å². The zero-order chi connectivity index (χ0) is 20.9. The molecule has 0 bridgehead atoms. The van der Waals surface area contributed by atoms with Crippen LogP contribution in [-0.2, 0) is 11.3 Å². The van der Waals surface area contributed by atoms with Crippen LogP contribution in [0.25, 0.3) is 0 Å². The van der Waals surface area contributed by atoms with Gasteiger partial charge in [0.05, 0.1) is 11.6 Å². The number of carbonyl (C=O) groups is 2. The minimum Gasteiger partial charge on any atom is -0.337 e. The fraction of sp³-hybridized carbons (Fsp3) is 0.375. The van der Waals surface area contributed by atoms with Crippen LogP contribution in [-0.4, -0.2) is 54.3 Å². The molecule has 30 heavy (non-hydrogen) atoms. The number of nitrogens with zero attached hydrogens (tertiary/aromatic N) is 4. The van der Waals surface area contributed by atoms with Gasteiger partial charge in [-0.25, -0.2) is 0 Å². The lowest BCUT2D eigenvalue weighted by Gasteiger charge is -2.23. The molecule has 2 fully saturated rings. The topological polar surface area (TPSA) is 67.7 Å². The second-order valence-electron chi connectivity index (χ2n) is 7.93. The van der Waals surface area contributed by atoms with Crippen LogP contribution in [0, 0.1) is 11.3 Å². The van der Waals surface area contributed by atoms with Gasteiger partial charge in [-0.2, -0.15) is 5.26 Å². The van der Waals surface area contributed by atoms with Gasteiger partial charge in [0.1, 0.15) is 0 Å². The van der Waals surface area contributed by atoms with Crippen molar-refractivity contribution >= 4 is 17.5 Å². The van der Waals surface area contributed by atoms with Crippen LogP contribution in [0.5, 0.6) is 0 Å². The van der Waals surface area contributed by atoms with E-state index in [1.165, 1.54) is 5.56 Å². The minimum absolute atomic E-state index is 0.0312. The smallest absolute Gasteiger partial charge is 0.253 e. The number of hydrogen-bond acceptors (Lipinski definition) is 4. The Morgan fingerprint density at radius 3 is 2.53 bits per heavy atom. The number of hydrogen-bond donors (Lipinski definition) is 0. The van der Waals surface area contributed by atoms with E-state index in [0.717, 1.165) is 51.3 Å². The lowest BCUT2D eigenvalue weighted by atomic mass is 10.1. The maximum absolute atomic E-state index is 13.1. The third-order valence-corrected chi connectivity index (χ3v) is 5.84. The average Bonchev–Trinajstić information content (AvgIpc) is 3.08. The Hall–Kier alpha value is -3.17.